The van der Waals surface area contributed by atoms with E-state index < -0.39 is 5.25 Å². The summed E-state index contributed by atoms with van der Waals surface area (Å²) >= 11 is 1.24. The van der Waals surface area contributed by atoms with Crippen LogP contribution in [0.4, 0.5) is 4.39 Å². The van der Waals surface area contributed by atoms with Crippen molar-refractivity contribution in [3.05, 3.63) is 59.4 Å². The molecule has 146 valence electrons. The fraction of sp³-hybridized carbons (Fsp3) is 0.263. The molecule has 1 aromatic heterocycles. The largest absolute Gasteiger partial charge is 0.494 e. The van der Waals surface area contributed by atoms with Gasteiger partial charge >= 0.3 is 0 Å². The van der Waals surface area contributed by atoms with E-state index in [9.17, 15) is 9.18 Å². The number of nitrogens with one attached hydrogen (secondary N) is 1. The van der Waals surface area contributed by atoms with E-state index in [2.05, 4.69) is 20.8 Å². The van der Waals surface area contributed by atoms with Crippen LogP contribution in [0.5, 0.6) is 5.75 Å². The van der Waals surface area contributed by atoms with Gasteiger partial charge in [0, 0.05) is 6.54 Å². The predicted octanol–water partition coefficient (Wildman–Crippen LogP) is 2.92. The van der Waals surface area contributed by atoms with Crippen LogP contribution in [0.3, 0.4) is 0 Å². The summed E-state index contributed by atoms with van der Waals surface area (Å²) in [7, 11) is 1.58. The third-order valence-corrected chi connectivity index (χ3v) is 5.07. The molecule has 1 heterocycles. The zero-order valence-corrected chi connectivity index (χ0v) is 16.5. The highest BCUT2D eigenvalue weighted by Crippen LogP contribution is 2.28. The highest BCUT2D eigenvalue weighted by Gasteiger charge is 2.20. The van der Waals surface area contributed by atoms with E-state index in [0.717, 1.165) is 11.1 Å². The molecule has 1 amide bonds. The van der Waals surface area contributed by atoms with Crippen LogP contribution in [0.25, 0.3) is 5.69 Å². The van der Waals surface area contributed by atoms with E-state index in [0.29, 0.717) is 23.1 Å². The number of carbonyl (C=O) groups excluding carboxylic acids is 1. The van der Waals surface area contributed by atoms with Gasteiger partial charge in [-0.25, -0.2) is 4.39 Å². The van der Waals surface area contributed by atoms with Crippen molar-refractivity contribution in [1.29, 1.82) is 0 Å². The van der Waals surface area contributed by atoms with Crippen LogP contribution >= 0.6 is 11.8 Å². The number of tetrazole rings is 1. The third kappa shape index (κ3) is 4.66. The summed E-state index contributed by atoms with van der Waals surface area (Å²) in [6, 6.07) is 11.7. The number of thioether (sulfide) groups is 1. The smallest absolute Gasteiger partial charge is 0.233 e. The molecule has 3 rings (SSSR count). The highest BCUT2D eigenvalue weighted by molar-refractivity contribution is 8.00. The molecule has 1 N–H and O–H groups in total. The fourth-order valence-corrected chi connectivity index (χ4v) is 3.34. The van der Waals surface area contributed by atoms with Gasteiger partial charge < -0.3 is 10.1 Å². The second kappa shape index (κ2) is 8.83. The van der Waals surface area contributed by atoms with E-state index >= 15 is 0 Å². The maximum atomic E-state index is 13.0. The number of rotatable bonds is 7. The molecule has 7 nitrogen and oxygen atoms in total. The number of hydrogen-bond acceptors (Lipinski definition) is 6. The van der Waals surface area contributed by atoms with Gasteiger partial charge in [0.1, 0.15) is 17.3 Å². The van der Waals surface area contributed by atoms with E-state index in [1.807, 2.05) is 25.1 Å². The first-order valence-electron chi connectivity index (χ1n) is 8.60. The summed E-state index contributed by atoms with van der Waals surface area (Å²) in [5.74, 6) is 0.158. The van der Waals surface area contributed by atoms with Crippen LogP contribution < -0.4 is 10.1 Å². The molecule has 9 heteroatoms. The van der Waals surface area contributed by atoms with E-state index in [4.69, 9.17) is 4.74 Å². The predicted molar refractivity (Wildman–Crippen MR) is 104 cm³/mol. The lowest BCUT2D eigenvalue weighted by Crippen LogP contribution is -2.30. The lowest BCUT2D eigenvalue weighted by atomic mass is 10.2. The van der Waals surface area contributed by atoms with Crippen LogP contribution in [0.1, 0.15) is 18.1 Å². The second-order valence-corrected chi connectivity index (χ2v) is 7.46. The van der Waals surface area contributed by atoms with Crippen molar-refractivity contribution in [2.45, 2.75) is 30.8 Å². The number of methoxy groups -OCH3 is 1. The van der Waals surface area contributed by atoms with Gasteiger partial charge in [0.15, 0.2) is 0 Å². The molecule has 1 atom stereocenters. The van der Waals surface area contributed by atoms with Crippen LogP contribution in [0.2, 0.25) is 0 Å². The summed E-state index contributed by atoms with van der Waals surface area (Å²) in [6.45, 7) is 4.06. The summed E-state index contributed by atoms with van der Waals surface area (Å²) in [5, 5.41) is 14.7. The maximum absolute atomic E-state index is 13.0. The molecule has 3 aromatic rings. The van der Waals surface area contributed by atoms with Gasteiger partial charge in [-0.3, -0.25) is 4.79 Å². The molecule has 0 spiro atoms. The molecule has 1 unspecified atom stereocenters. The van der Waals surface area contributed by atoms with E-state index in [1.54, 1.807) is 30.8 Å². The Morgan fingerprint density at radius 1 is 1.29 bits per heavy atom. The molecule has 0 bridgehead atoms. The minimum atomic E-state index is -0.430. The molecule has 0 aliphatic heterocycles. The number of halogens is 1. The van der Waals surface area contributed by atoms with Gasteiger partial charge in [-0.15, -0.1) is 5.10 Å². The van der Waals surface area contributed by atoms with Crippen molar-refractivity contribution >= 4 is 17.7 Å². The van der Waals surface area contributed by atoms with E-state index in [1.165, 1.54) is 23.9 Å². The number of benzene rings is 2. The number of aryl methyl sites for hydroxylation is 1. The molecule has 0 aliphatic carbocycles. The van der Waals surface area contributed by atoms with Crippen molar-refractivity contribution in [3.63, 3.8) is 0 Å². The first kappa shape index (κ1) is 19.8. The number of aromatic nitrogens is 4. The van der Waals surface area contributed by atoms with Crippen molar-refractivity contribution < 1.29 is 13.9 Å². The average molecular weight is 401 g/mol. The van der Waals surface area contributed by atoms with Gasteiger partial charge in [0.25, 0.3) is 0 Å². The van der Waals surface area contributed by atoms with Gasteiger partial charge in [0.05, 0.1) is 12.4 Å². The summed E-state index contributed by atoms with van der Waals surface area (Å²) in [6.07, 6.45) is 0. The summed E-state index contributed by atoms with van der Waals surface area (Å²) in [4.78, 5) is 12.4. The Hall–Kier alpha value is -2.94. The van der Waals surface area contributed by atoms with Crippen molar-refractivity contribution in [2.24, 2.45) is 0 Å². The quantitative estimate of drug-likeness (QED) is 0.613. The third-order valence-electron chi connectivity index (χ3n) is 4.03. The van der Waals surface area contributed by atoms with Gasteiger partial charge in [-0.1, -0.05) is 30.0 Å². The number of ether oxygens (including phenoxy) is 1. The molecule has 0 fully saturated rings. The van der Waals surface area contributed by atoms with Gasteiger partial charge in [0.2, 0.25) is 11.1 Å². The Balaban J connectivity index is 1.69. The average Bonchev–Trinajstić information content (AvgIpc) is 3.15. The molecular weight excluding hydrogens is 381 g/mol. The van der Waals surface area contributed by atoms with Crippen LogP contribution in [0, 0.1) is 12.7 Å². The summed E-state index contributed by atoms with van der Waals surface area (Å²) < 4.78 is 19.9. The maximum Gasteiger partial charge on any atom is 0.233 e. The Morgan fingerprint density at radius 2 is 2.04 bits per heavy atom. The first-order valence-corrected chi connectivity index (χ1v) is 9.48. The molecular formula is C19H20FN5O2S. The standard InChI is InChI=1S/C19H20FN5O2S/c1-12-4-9-17(27-3)16(10-12)25-19(22-23-24-25)28-13(2)18(26)21-11-14-5-7-15(20)8-6-14/h4-10,13H,11H2,1-3H3,(H,21,26). The van der Waals surface area contributed by atoms with Crippen LogP contribution in [-0.2, 0) is 11.3 Å². The number of hydrogen-bond donors (Lipinski definition) is 1. The topological polar surface area (TPSA) is 81.9 Å². The van der Waals surface area contributed by atoms with E-state index in [-0.39, 0.29) is 11.7 Å². The minimum absolute atomic E-state index is 0.167. The lowest BCUT2D eigenvalue weighted by molar-refractivity contribution is -0.120. The van der Waals surface area contributed by atoms with Gasteiger partial charge in [-0.2, -0.15) is 4.68 Å². The molecule has 0 aliphatic rings. The normalized spacial score (nSPS) is 11.9. The lowest BCUT2D eigenvalue weighted by Gasteiger charge is -2.13. The number of carbonyl (C=O) groups is 1. The highest BCUT2D eigenvalue weighted by atomic mass is 32.2. The Bertz CT molecular complexity index is 961. The first-order chi connectivity index (χ1) is 13.5. The van der Waals surface area contributed by atoms with Crippen LogP contribution in [-0.4, -0.2) is 38.5 Å². The van der Waals surface area contributed by atoms with Crippen molar-refractivity contribution in [3.8, 4) is 11.4 Å². The zero-order valence-electron chi connectivity index (χ0n) is 15.7. The Labute approximate surface area is 166 Å². The fourth-order valence-electron chi connectivity index (χ4n) is 2.52. The zero-order chi connectivity index (χ0) is 20.1. The number of amides is 1. The minimum Gasteiger partial charge on any atom is -0.494 e. The number of nitrogens with zero attached hydrogens (tertiary/aromatic N) is 4. The molecule has 2 aromatic carbocycles. The van der Waals surface area contributed by atoms with Crippen molar-refractivity contribution in [2.75, 3.05) is 7.11 Å². The van der Waals surface area contributed by atoms with Crippen molar-refractivity contribution in [1.82, 2.24) is 25.5 Å². The monoisotopic (exact) mass is 401 g/mol. The SMILES string of the molecule is COc1ccc(C)cc1-n1nnnc1SC(C)C(=O)NCc1ccc(F)cc1. The molecule has 0 saturated heterocycles. The Morgan fingerprint density at radius 3 is 2.75 bits per heavy atom. The molecule has 0 radical (unpaired) electrons. The van der Waals surface area contributed by atoms with Crippen LogP contribution in [0.15, 0.2) is 47.6 Å². The second-order valence-electron chi connectivity index (χ2n) is 6.15. The molecule has 28 heavy (non-hydrogen) atoms. The van der Waals surface area contributed by atoms with Gasteiger partial charge in [-0.05, 0) is 59.7 Å². The molecule has 0 saturated carbocycles. The Kier molecular flexibility index (Phi) is 6.25. The summed E-state index contributed by atoms with van der Waals surface area (Å²) in [5.41, 5.74) is 2.56.